The lowest BCUT2D eigenvalue weighted by atomic mass is 9.92. The first-order valence-electron chi connectivity index (χ1n) is 10.0. The molecule has 8 heteroatoms. The zero-order chi connectivity index (χ0) is 22.1. The SMILES string of the molecule is CC(=O)OCc1cc(Cl)cc(OC[C@@H]2[C@@H](C/C=C\CCCC(=O)O)[C@H](Cl)C[C@H]2O)c1. The number of carbonyl (C=O) groups excluding carboxylic acids is 1. The van der Waals surface area contributed by atoms with Gasteiger partial charge in [-0.3, -0.25) is 9.59 Å². The topological polar surface area (TPSA) is 93.1 Å². The molecule has 1 aliphatic carbocycles. The smallest absolute Gasteiger partial charge is 0.303 e. The minimum Gasteiger partial charge on any atom is -0.493 e. The molecule has 1 saturated carbocycles. The van der Waals surface area contributed by atoms with Gasteiger partial charge in [-0.2, -0.15) is 0 Å². The maximum absolute atomic E-state index is 11.0. The number of esters is 1. The molecule has 6 nitrogen and oxygen atoms in total. The molecule has 1 aliphatic rings. The van der Waals surface area contributed by atoms with Crippen LogP contribution in [0.5, 0.6) is 5.75 Å². The van der Waals surface area contributed by atoms with Crippen molar-refractivity contribution in [3.05, 3.63) is 40.9 Å². The molecule has 2 N–H and O–H groups in total. The Bertz CT molecular complexity index is 751. The van der Waals surface area contributed by atoms with Crippen molar-refractivity contribution in [1.29, 1.82) is 0 Å². The van der Waals surface area contributed by atoms with E-state index in [4.69, 9.17) is 37.8 Å². The largest absolute Gasteiger partial charge is 0.493 e. The van der Waals surface area contributed by atoms with Crippen LogP contribution in [0.3, 0.4) is 0 Å². The van der Waals surface area contributed by atoms with Gasteiger partial charge in [0.1, 0.15) is 12.4 Å². The molecule has 1 fully saturated rings. The van der Waals surface area contributed by atoms with Crippen LogP contribution in [0.25, 0.3) is 0 Å². The second-order valence-corrected chi connectivity index (χ2v) is 8.52. The molecule has 2 rings (SSSR count). The molecule has 0 spiro atoms. The summed E-state index contributed by atoms with van der Waals surface area (Å²) in [7, 11) is 0. The predicted molar refractivity (Wildman–Crippen MR) is 115 cm³/mol. The van der Waals surface area contributed by atoms with E-state index < -0.39 is 12.1 Å². The van der Waals surface area contributed by atoms with Gasteiger partial charge in [0.2, 0.25) is 0 Å². The first-order valence-corrected chi connectivity index (χ1v) is 10.8. The van der Waals surface area contributed by atoms with Crippen LogP contribution >= 0.6 is 23.2 Å². The number of allylic oxidation sites excluding steroid dienone is 2. The minimum atomic E-state index is -0.794. The van der Waals surface area contributed by atoms with Crippen molar-refractivity contribution in [2.45, 2.75) is 57.1 Å². The zero-order valence-corrected chi connectivity index (χ0v) is 18.4. The van der Waals surface area contributed by atoms with Crippen LogP contribution in [0.4, 0.5) is 0 Å². The fourth-order valence-electron chi connectivity index (χ4n) is 3.60. The Morgan fingerprint density at radius 2 is 2.00 bits per heavy atom. The number of aliphatic hydroxyl groups is 1. The van der Waals surface area contributed by atoms with Crippen molar-refractivity contribution in [2.24, 2.45) is 11.8 Å². The van der Waals surface area contributed by atoms with E-state index in [1.54, 1.807) is 18.2 Å². The number of benzene rings is 1. The average Bonchev–Trinajstić information content (AvgIpc) is 2.93. The fourth-order valence-corrected chi connectivity index (χ4v) is 4.32. The molecule has 4 atom stereocenters. The number of alkyl halides is 1. The van der Waals surface area contributed by atoms with Gasteiger partial charge in [0.25, 0.3) is 0 Å². The van der Waals surface area contributed by atoms with Crippen LogP contribution in [-0.4, -0.2) is 40.2 Å². The standard InChI is InChI=1S/C22H28Cl2O6/c1-14(25)29-12-15-8-16(23)10-17(9-15)30-13-19-18(20(24)11-21(19)26)6-4-2-3-5-7-22(27)28/h2,4,8-10,18-21,26H,3,5-7,11-13H2,1H3,(H,27,28)/b4-2-/t18-,19-,20-,21-/m1/s1. The fraction of sp³-hybridized carbons (Fsp3) is 0.545. The first-order chi connectivity index (χ1) is 14.3. The number of rotatable bonds is 11. The normalized spacial score (nSPS) is 23.6. The molecule has 166 valence electrons. The second-order valence-electron chi connectivity index (χ2n) is 7.53. The Morgan fingerprint density at radius 3 is 2.70 bits per heavy atom. The van der Waals surface area contributed by atoms with Crippen molar-refractivity contribution < 1.29 is 29.3 Å². The van der Waals surface area contributed by atoms with Crippen LogP contribution in [0.1, 0.15) is 44.6 Å². The van der Waals surface area contributed by atoms with E-state index >= 15 is 0 Å². The molecule has 0 saturated heterocycles. The Kier molecular flexibility index (Phi) is 9.95. The highest BCUT2D eigenvalue weighted by Crippen LogP contribution is 2.39. The van der Waals surface area contributed by atoms with E-state index in [1.807, 2.05) is 12.2 Å². The van der Waals surface area contributed by atoms with Gasteiger partial charge in [0.15, 0.2) is 0 Å². The highest BCUT2D eigenvalue weighted by atomic mass is 35.5. The molecule has 0 aliphatic heterocycles. The number of carboxylic acids is 1. The zero-order valence-electron chi connectivity index (χ0n) is 16.9. The van der Waals surface area contributed by atoms with Gasteiger partial charge < -0.3 is 19.7 Å². The number of hydrogen-bond acceptors (Lipinski definition) is 5. The van der Waals surface area contributed by atoms with E-state index in [9.17, 15) is 14.7 Å². The summed E-state index contributed by atoms with van der Waals surface area (Å²) >= 11 is 12.6. The van der Waals surface area contributed by atoms with Gasteiger partial charge >= 0.3 is 11.9 Å². The van der Waals surface area contributed by atoms with E-state index in [1.165, 1.54) is 6.92 Å². The summed E-state index contributed by atoms with van der Waals surface area (Å²) in [5.74, 6) is -0.710. The third-order valence-electron chi connectivity index (χ3n) is 5.13. The van der Waals surface area contributed by atoms with Crippen molar-refractivity contribution in [2.75, 3.05) is 6.61 Å². The quantitative estimate of drug-likeness (QED) is 0.218. The lowest BCUT2D eigenvalue weighted by Crippen LogP contribution is -2.27. The molecule has 0 amide bonds. The Hall–Kier alpha value is -1.76. The van der Waals surface area contributed by atoms with Gasteiger partial charge in [0.05, 0.1) is 12.7 Å². The molecular formula is C22H28Cl2O6. The number of aliphatic hydroxyl groups excluding tert-OH is 1. The maximum Gasteiger partial charge on any atom is 0.303 e. The van der Waals surface area contributed by atoms with Crippen LogP contribution in [0.15, 0.2) is 30.4 Å². The molecule has 0 bridgehead atoms. The van der Waals surface area contributed by atoms with Gasteiger partial charge in [-0.1, -0.05) is 23.8 Å². The van der Waals surface area contributed by atoms with Crippen molar-refractivity contribution in [3.63, 3.8) is 0 Å². The van der Waals surface area contributed by atoms with Crippen LogP contribution in [-0.2, 0) is 20.9 Å². The Morgan fingerprint density at radius 1 is 1.23 bits per heavy atom. The summed E-state index contributed by atoms with van der Waals surface area (Å²) in [6.07, 6.45) is 6.05. The number of hydrogen-bond donors (Lipinski definition) is 2. The summed E-state index contributed by atoms with van der Waals surface area (Å²) in [6.45, 7) is 1.74. The number of ether oxygens (including phenoxy) is 2. The molecule has 0 radical (unpaired) electrons. The number of carboxylic acid groups (broad SMARTS) is 1. The van der Waals surface area contributed by atoms with E-state index in [-0.39, 0.29) is 42.8 Å². The second kappa shape index (κ2) is 12.2. The molecule has 0 aromatic heterocycles. The lowest BCUT2D eigenvalue weighted by molar-refractivity contribution is -0.142. The van der Waals surface area contributed by atoms with Crippen molar-refractivity contribution in [1.82, 2.24) is 0 Å². The van der Waals surface area contributed by atoms with E-state index in [0.717, 1.165) is 5.56 Å². The van der Waals surface area contributed by atoms with E-state index in [0.29, 0.717) is 36.5 Å². The molecular weight excluding hydrogens is 431 g/mol. The number of unbranched alkanes of at least 4 members (excludes halogenated alkanes) is 1. The minimum absolute atomic E-state index is 0.0529. The van der Waals surface area contributed by atoms with Crippen molar-refractivity contribution in [3.8, 4) is 5.75 Å². The predicted octanol–water partition coefficient (Wildman–Crippen LogP) is 4.59. The summed E-state index contributed by atoms with van der Waals surface area (Å²) in [4.78, 5) is 21.6. The number of halogens is 2. The van der Waals surface area contributed by atoms with Gasteiger partial charge in [-0.25, -0.2) is 0 Å². The summed E-state index contributed by atoms with van der Waals surface area (Å²) < 4.78 is 10.9. The van der Waals surface area contributed by atoms with Gasteiger partial charge in [-0.05, 0) is 55.4 Å². The van der Waals surface area contributed by atoms with Crippen molar-refractivity contribution >= 4 is 35.1 Å². The average molecular weight is 459 g/mol. The first kappa shape index (κ1) is 24.5. The summed E-state index contributed by atoms with van der Waals surface area (Å²) in [6, 6.07) is 5.13. The van der Waals surface area contributed by atoms with Gasteiger partial charge in [0, 0.05) is 29.7 Å². The van der Waals surface area contributed by atoms with Gasteiger partial charge in [-0.15, -0.1) is 11.6 Å². The maximum atomic E-state index is 11.0. The molecule has 1 aromatic carbocycles. The van der Waals surface area contributed by atoms with Crippen LogP contribution < -0.4 is 4.74 Å². The highest BCUT2D eigenvalue weighted by Gasteiger charge is 2.41. The van der Waals surface area contributed by atoms with Crippen LogP contribution in [0, 0.1) is 11.8 Å². The monoisotopic (exact) mass is 458 g/mol. The molecule has 0 heterocycles. The molecule has 1 aromatic rings. The Labute approximate surface area is 186 Å². The molecule has 0 unspecified atom stereocenters. The third kappa shape index (κ3) is 8.17. The summed E-state index contributed by atoms with van der Waals surface area (Å²) in [5.41, 5.74) is 0.718. The summed E-state index contributed by atoms with van der Waals surface area (Å²) in [5, 5.41) is 19.4. The van der Waals surface area contributed by atoms with E-state index in [2.05, 4.69) is 0 Å². The molecule has 30 heavy (non-hydrogen) atoms. The lowest BCUT2D eigenvalue weighted by Gasteiger charge is -2.23. The highest BCUT2D eigenvalue weighted by molar-refractivity contribution is 6.30. The van der Waals surface area contributed by atoms with Crippen LogP contribution in [0.2, 0.25) is 5.02 Å². The number of aliphatic carboxylic acids is 1. The Balaban J connectivity index is 1.92. The third-order valence-corrected chi connectivity index (χ3v) is 5.85. The number of carbonyl (C=O) groups is 2.